The van der Waals surface area contributed by atoms with Gasteiger partial charge in [0.15, 0.2) is 0 Å². The lowest BCUT2D eigenvalue weighted by Gasteiger charge is -2.30. The van der Waals surface area contributed by atoms with Crippen LogP contribution in [0.25, 0.3) is 0 Å². The molecule has 0 unspecified atom stereocenters. The van der Waals surface area contributed by atoms with E-state index in [0.717, 1.165) is 0 Å². The highest BCUT2D eigenvalue weighted by Gasteiger charge is 2.30. The normalized spacial score (nSPS) is 12.0. The third kappa shape index (κ3) is 5.10. The molecule has 0 heterocycles. The maximum absolute atomic E-state index is 3.85. The first-order valence-corrected chi connectivity index (χ1v) is 6.53. The van der Waals surface area contributed by atoms with E-state index in [4.69, 9.17) is 0 Å². The van der Waals surface area contributed by atoms with E-state index in [1.807, 2.05) is 0 Å². The van der Waals surface area contributed by atoms with Crippen LogP contribution in [0.1, 0.15) is 55.4 Å². The van der Waals surface area contributed by atoms with Gasteiger partial charge in [0, 0.05) is 0 Å². The molecule has 88 valence electrons. The van der Waals surface area contributed by atoms with Crippen molar-refractivity contribution in [2.75, 3.05) is 0 Å². The Morgan fingerprint density at radius 3 is 0.867 bits per heavy atom. The molecule has 0 radical (unpaired) electrons. The summed E-state index contributed by atoms with van der Waals surface area (Å²) in [5.41, 5.74) is 0. The van der Waals surface area contributed by atoms with Crippen molar-refractivity contribution < 1.29 is 0 Å². The van der Waals surface area contributed by atoms with Crippen LogP contribution in [0.5, 0.6) is 0 Å². The van der Waals surface area contributed by atoms with E-state index in [1.165, 1.54) is 0 Å². The predicted octanol–water partition coefficient (Wildman–Crippen LogP) is 4.20. The van der Waals surface area contributed by atoms with Gasteiger partial charge in [-0.2, -0.15) is 0 Å². The van der Waals surface area contributed by atoms with Gasteiger partial charge in [-0.25, -0.2) is 0 Å². The number of hydrogen-bond donors (Lipinski definition) is 1. The second-order valence-corrected chi connectivity index (χ2v) is 6.19. The third-order valence-corrected chi connectivity index (χ3v) is 3.26. The van der Waals surface area contributed by atoms with Crippen molar-refractivity contribution in [2.24, 2.45) is 0 Å². The predicted molar refractivity (Wildman–Crippen MR) is 75.0 cm³/mol. The van der Waals surface area contributed by atoms with E-state index < -0.39 is 0 Å². The lowest BCUT2D eigenvalue weighted by Crippen LogP contribution is -2.51. The Kier molecular flexibility index (Phi) is 6.66. The molecular formula is C12H29B2N. The molecule has 0 spiro atoms. The minimum atomic E-state index is 0.639. The summed E-state index contributed by atoms with van der Waals surface area (Å²) in [4.78, 5) is 0. The molecule has 1 nitrogen and oxygen atoms in total. The summed E-state index contributed by atoms with van der Waals surface area (Å²) in [6.45, 7) is 19.8. The number of hydrogen-bond acceptors (Lipinski definition) is 1. The standard InChI is InChI=1S/C12H29B2N/c1-9(2)13(10(3)4)15-14(11(5)6)12(7)8/h9-12,15H,1-8H3. The van der Waals surface area contributed by atoms with E-state index in [-0.39, 0.29) is 0 Å². The first-order chi connectivity index (χ1) is 6.77. The van der Waals surface area contributed by atoms with Crippen LogP contribution in [-0.2, 0) is 0 Å². The molecule has 0 aromatic carbocycles. The van der Waals surface area contributed by atoms with Gasteiger partial charge in [0.1, 0.15) is 0 Å². The first kappa shape index (κ1) is 15.1. The minimum Gasteiger partial charge on any atom is -0.397 e. The lowest BCUT2D eigenvalue weighted by atomic mass is 9.34. The van der Waals surface area contributed by atoms with Crippen molar-refractivity contribution in [3.8, 4) is 0 Å². The summed E-state index contributed by atoms with van der Waals surface area (Å²) in [5.74, 6) is 2.85. The van der Waals surface area contributed by atoms with Gasteiger partial charge in [0.2, 0.25) is 13.7 Å². The fourth-order valence-electron chi connectivity index (χ4n) is 2.53. The van der Waals surface area contributed by atoms with Crippen molar-refractivity contribution in [3.05, 3.63) is 0 Å². The Bertz CT molecular complexity index is 133. The van der Waals surface area contributed by atoms with Crippen molar-refractivity contribution in [1.82, 2.24) is 5.14 Å². The molecule has 3 heteroatoms. The van der Waals surface area contributed by atoms with E-state index in [0.29, 0.717) is 37.0 Å². The van der Waals surface area contributed by atoms with Crippen molar-refractivity contribution in [1.29, 1.82) is 0 Å². The molecule has 15 heavy (non-hydrogen) atoms. The van der Waals surface area contributed by atoms with Gasteiger partial charge < -0.3 is 5.14 Å². The van der Waals surface area contributed by atoms with Crippen molar-refractivity contribution in [2.45, 2.75) is 78.7 Å². The van der Waals surface area contributed by atoms with Crippen LogP contribution < -0.4 is 5.14 Å². The smallest absolute Gasteiger partial charge is 0.214 e. The van der Waals surface area contributed by atoms with Gasteiger partial charge in [0.05, 0.1) is 0 Å². The van der Waals surface area contributed by atoms with Gasteiger partial charge in [-0.15, -0.1) is 0 Å². The van der Waals surface area contributed by atoms with Crippen LogP contribution in [0, 0.1) is 0 Å². The summed E-state index contributed by atoms with van der Waals surface area (Å²) in [6, 6.07) is 0. The monoisotopic (exact) mass is 209 g/mol. The second kappa shape index (κ2) is 6.62. The van der Waals surface area contributed by atoms with Crippen LogP contribution in [0.4, 0.5) is 0 Å². The maximum Gasteiger partial charge on any atom is 0.214 e. The average Bonchev–Trinajstić information content (AvgIpc) is 2.01. The Morgan fingerprint density at radius 1 is 0.533 bits per heavy atom. The molecule has 0 atom stereocenters. The molecular weight excluding hydrogens is 180 g/mol. The largest absolute Gasteiger partial charge is 0.397 e. The van der Waals surface area contributed by atoms with Crippen LogP contribution in [-0.4, -0.2) is 13.7 Å². The molecule has 0 aliphatic rings. The van der Waals surface area contributed by atoms with Crippen LogP contribution in [0.2, 0.25) is 23.3 Å². The zero-order valence-corrected chi connectivity index (χ0v) is 12.0. The van der Waals surface area contributed by atoms with Crippen LogP contribution >= 0.6 is 0 Å². The topological polar surface area (TPSA) is 12.0 Å². The molecule has 0 aliphatic carbocycles. The SMILES string of the molecule is CC(C)B(NB(C(C)C)C(C)C)C(C)C. The molecule has 0 aliphatic heterocycles. The van der Waals surface area contributed by atoms with Gasteiger partial charge in [-0.1, -0.05) is 78.7 Å². The molecule has 0 aromatic rings. The highest BCUT2D eigenvalue weighted by molar-refractivity contribution is 6.75. The molecule has 0 fully saturated rings. The van der Waals surface area contributed by atoms with E-state index in [2.05, 4.69) is 60.5 Å². The van der Waals surface area contributed by atoms with Crippen LogP contribution in [0.3, 0.4) is 0 Å². The molecule has 0 bridgehead atoms. The molecule has 0 saturated carbocycles. The molecule has 0 saturated heterocycles. The fourth-order valence-corrected chi connectivity index (χ4v) is 2.53. The summed E-state index contributed by atoms with van der Waals surface area (Å²) in [7, 11) is 0. The highest BCUT2D eigenvalue weighted by atomic mass is 14.7. The number of rotatable bonds is 6. The van der Waals surface area contributed by atoms with Gasteiger partial charge in [-0.3, -0.25) is 0 Å². The Morgan fingerprint density at radius 2 is 0.733 bits per heavy atom. The quantitative estimate of drug-likeness (QED) is 0.646. The highest BCUT2D eigenvalue weighted by Crippen LogP contribution is 2.23. The molecule has 0 rings (SSSR count). The molecule has 0 amide bonds. The second-order valence-electron chi connectivity index (χ2n) is 6.19. The van der Waals surface area contributed by atoms with Gasteiger partial charge in [0.25, 0.3) is 0 Å². The fraction of sp³-hybridized carbons (Fsp3) is 1.00. The maximum atomic E-state index is 3.85. The van der Waals surface area contributed by atoms with E-state index in [1.54, 1.807) is 0 Å². The van der Waals surface area contributed by atoms with Crippen LogP contribution in [0.15, 0.2) is 0 Å². The zero-order chi connectivity index (χ0) is 12.2. The molecule has 1 N–H and O–H groups in total. The third-order valence-electron chi connectivity index (χ3n) is 3.26. The van der Waals surface area contributed by atoms with E-state index >= 15 is 0 Å². The minimum absolute atomic E-state index is 0.639. The molecule has 0 aromatic heterocycles. The first-order valence-electron chi connectivity index (χ1n) is 6.53. The Labute approximate surface area is 98.0 Å². The van der Waals surface area contributed by atoms with Crippen molar-refractivity contribution in [3.63, 3.8) is 0 Å². The lowest BCUT2D eigenvalue weighted by molar-refractivity contribution is 0.872. The summed E-state index contributed by atoms with van der Waals surface area (Å²) >= 11 is 0. The summed E-state index contributed by atoms with van der Waals surface area (Å²) in [6.07, 6.45) is 0. The van der Waals surface area contributed by atoms with Crippen molar-refractivity contribution >= 4 is 13.7 Å². The summed E-state index contributed by atoms with van der Waals surface area (Å²) in [5, 5.41) is 3.85. The Hall–Kier alpha value is 0.0899. The van der Waals surface area contributed by atoms with Gasteiger partial charge >= 0.3 is 0 Å². The zero-order valence-electron chi connectivity index (χ0n) is 12.0. The Balaban J connectivity index is 4.48. The van der Waals surface area contributed by atoms with E-state index in [9.17, 15) is 0 Å². The number of nitrogens with one attached hydrogen (secondary N) is 1. The average molecular weight is 209 g/mol. The van der Waals surface area contributed by atoms with Gasteiger partial charge in [-0.05, 0) is 0 Å². The summed E-state index contributed by atoms with van der Waals surface area (Å²) < 4.78 is 0.